The summed E-state index contributed by atoms with van der Waals surface area (Å²) in [7, 11) is 0. The summed E-state index contributed by atoms with van der Waals surface area (Å²) in [6.45, 7) is 1.99. The molecule has 64 valence electrons. The smallest absolute Gasteiger partial charge is 0.104 e. The summed E-state index contributed by atoms with van der Waals surface area (Å²) < 4.78 is 0. The lowest BCUT2D eigenvalue weighted by molar-refractivity contribution is -0.0335. The molecule has 0 saturated carbocycles. The fourth-order valence-electron chi connectivity index (χ4n) is 2.39. The second-order valence-electron chi connectivity index (χ2n) is 3.71. The monoisotopic (exact) mass is 157 g/mol. The first-order valence-corrected chi connectivity index (χ1v) is 4.33. The van der Waals surface area contributed by atoms with Gasteiger partial charge in [0.05, 0.1) is 6.61 Å². The highest BCUT2D eigenvalue weighted by Gasteiger charge is 2.47. The summed E-state index contributed by atoms with van der Waals surface area (Å²) in [5.74, 6) is 0. The third-order valence-corrected chi connectivity index (χ3v) is 3.09. The Morgan fingerprint density at radius 3 is 3.00 bits per heavy atom. The van der Waals surface area contributed by atoms with Gasteiger partial charge in [0.2, 0.25) is 0 Å². The van der Waals surface area contributed by atoms with Crippen LogP contribution in [0.3, 0.4) is 0 Å². The first-order chi connectivity index (χ1) is 5.26. The van der Waals surface area contributed by atoms with Gasteiger partial charge in [0, 0.05) is 12.6 Å². The van der Waals surface area contributed by atoms with Crippen molar-refractivity contribution in [3.05, 3.63) is 0 Å². The minimum Gasteiger partial charge on any atom is -0.393 e. The summed E-state index contributed by atoms with van der Waals surface area (Å²) in [5.41, 5.74) is -0.781. The number of aliphatic hydroxyl groups is 2. The van der Waals surface area contributed by atoms with Gasteiger partial charge in [0.1, 0.15) is 5.60 Å². The van der Waals surface area contributed by atoms with Crippen molar-refractivity contribution in [3.63, 3.8) is 0 Å². The molecule has 3 nitrogen and oxygen atoms in total. The molecule has 0 spiro atoms. The topological polar surface area (TPSA) is 43.7 Å². The van der Waals surface area contributed by atoms with E-state index in [0.29, 0.717) is 0 Å². The minimum absolute atomic E-state index is 0.0752. The molecule has 0 aromatic heterocycles. The zero-order valence-electron chi connectivity index (χ0n) is 6.66. The van der Waals surface area contributed by atoms with E-state index in [9.17, 15) is 5.11 Å². The molecule has 0 aromatic rings. The maximum absolute atomic E-state index is 9.88. The van der Waals surface area contributed by atoms with Crippen LogP contribution in [0.15, 0.2) is 0 Å². The first-order valence-electron chi connectivity index (χ1n) is 4.33. The van der Waals surface area contributed by atoms with Crippen LogP contribution in [-0.4, -0.2) is 46.5 Å². The molecule has 2 aliphatic heterocycles. The quantitative estimate of drug-likeness (QED) is 0.543. The molecule has 2 N–H and O–H groups in total. The molecule has 3 heteroatoms. The molecule has 2 heterocycles. The van der Waals surface area contributed by atoms with E-state index in [1.807, 2.05) is 0 Å². The molecule has 0 amide bonds. The summed E-state index contributed by atoms with van der Waals surface area (Å²) in [6.07, 6.45) is 2.97. The van der Waals surface area contributed by atoms with Crippen molar-refractivity contribution in [1.29, 1.82) is 0 Å². The van der Waals surface area contributed by atoms with Crippen LogP contribution >= 0.6 is 0 Å². The van der Waals surface area contributed by atoms with E-state index in [2.05, 4.69) is 4.90 Å². The van der Waals surface area contributed by atoms with Gasteiger partial charge < -0.3 is 10.2 Å². The van der Waals surface area contributed by atoms with E-state index in [4.69, 9.17) is 5.11 Å². The normalized spacial score (nSPS) is 44.7. The second-order valence-corrected chi connectivity index (χ2v) is 3.71. The average molecular weight is 157 g/mol. The Morgan fingerprint density at radius 1 is 1.45 bits per heavy atom. The molecule has 2 rings (SSSR count). The van der Waals surface area contributed by atoms with Crippen molar-refractivity contribution < 1.29 is 10.2 Å². The molecule has 11 heavy (non-hydrogen) atoms. The maximum Gasteiger partial charge on any atom is 0.104 e. The van der Waals surface area contributed by atoms with Gasteiger partial charge in [-0.1, -0.05) is 0 Å². The Kier molecular flexibility index (Phi) is 1.67. The lowest BCUT2D eigenvalue weighted by Crippen LogP contribution is -2.44. The van der Waals surface area contributed by atoms with Crippen LogP contribution in [-0.2, 0) is 0 Å². The highest BCUT2D eigenvalue weighted by atomic mass is 16.3. The Hall–Kier alpha value is -0.120. The summed E-state index contributed by atoms with van der Waals surface area (Å²) in [5, 5.41) is 18.9. The predicted octanol–water partition coefficient (Wildman–Crippen LogP) is -0.422. The molecule has 2 fully saturated rings. The fourth-order valence-corrected chi connectivity index (χ4v) is 2.39. The van der Waals surface area contributed by atoms with Crippen molar-refractivity contribution >= 4 is 0 Å². The zero-order chi connectivity index (χ0) is 7.90. The van der Waals surface area contributed by atoms with Crippen molar-refractivity contribution in [2.75, 3.05) is 19.7 Å². The molecule has 2 atom stereocenters. The van der Waals surface area contributed by atoms with Gasteiger partial charge in [-0.15, -0.1) is 0 Å². The summed E-state index contributed by atoms with van der Waals surface area (Å²) in [6, 6.07) is 0.243. The number of rotatable bonds is 1. The van der Waals surface area contributed by atoms with Crippen molar-refractivity contribution in [1.82, 2.24) is 4.90 Å². The van der Waals surface area contributed by atoms with Gasteiger partial charge >= 0.3 is 0 Å². The van der Waals surface area contributed by atoms with Gasteiger partial charge in [0.25, 0.3) is 0 Å². The Balaban J connectivity index is 2.14. The van der Waals surface area contributed by atoms with E-state index in [1.54, 1.807) is 0 Å². The van der Waals surface area contributed by atoms with E-state index in [1.165, 1.54) is 6.42 Å². The molecule has 0 unspecified atom stereocenters. The molecular formula is C8H15NO2. The van der Waals surface area contributed by atoms with E-state index >= 15 is 0 Å². The molecule has 0 aromatic carbocycles. The molecule has 2 aliphatic rings. The van der Waals surface area contributed by atoms with Gasteiger partial charge in [0.15, 0.2) is 0 Å². The van der Waals surface area contributed by atoms with E-state index < -0.39 is 5.60 Å². The molecule has 0 aliphatic carbocycles. The highest BCUT2D eigenvalue weighted by Crippen LogP contribution is 2.35. The lowest BCUT2D eigenvalue weighted by Gasteiger charge is -2.27. The number of fused-ring (bicyclic) bond motifs is 1. The van der Waals surface area contributed by atoms with Gasteiger partial charge in [-0.25, -0.2) is 0 Å². The van der Waals surface area contributed by atoms with E-state index in [0.717, 1.165) is 25.9 Å². The molecule has 0 bridgehead atoms. The Labute approximate surface area is 66.6 Å². The van der Waals surface area contributed by atoms with Crippen molar-refractivity contribution in [2.45, 2.75) is 30.9 Å². The third-order valence-electron chi connectivity index (χ3n) is 3.09. The van der Waals surface area contributed by atoms with Crippen LogP contribution < -0.4 is 0 Å². The zero-order valence-corrected chi connectivity index (χ0v) is 6.66. The third kappa shape index (κ3) is 0.991. The highest BCUT2D eigenvalue weighted by molar-refractivity contribution is 5.02. The van der Waals surface area contributed by atoms with Crippen LogP contribution in [0.1, 0.15) is 19.3 Å². The summed E-state index contributed by atoms with van der Waals surface area (Å²) in [4.78, 5) is 2.29. The number of nitrogens with zero attached hydrogens (tertiary/aromatic N) is 1. The van der Waals surface area contributed by atoms with Gasteiger partial charge in [-0.3, -0.25) is 4.90 Å². The van der Waals surface area contributed by atoms with Gasteiger partial charge in [-0.2, -0.15) is 0 Å². The van der Waals surface area contributed by atoms with Crippen LogP contribution in [0.4, 0.5) is 0 Å². The molecule has 2 saturated heterocycles. The SMILES string of the molecule is OC[C@]1(O)CCN2CCC[C@@H]21. The maximum atomic E-state index is 9.88. The Bertz CT molecular complexity index is 162. The van der Waals surface area contributed by atoms with Crippen molar-refractivity contribution in [3.8, 4) is 0 Å². The number of aliphatic hydroxyl groups excluding tert-OH is 1. The van der Waals surface area contributed by atoms with Gasteiger partial charge in [-0.05, 0) is 25.8 Å². The largest absolute Gasteiger partial charge is 0.393 e. The fraction of sp³-hybridized carbons (Fsp3) is 1.00. The van der Waals surface area contributed by atoms with Crippen LogP contribution in [0, 0.1) is 0 Å². The number of hydrogen-bond acceptors (Lipinski definition) is 3. The van der Waals surface area contributed by atoms with Crippen molar-refractivity contribution in [2.24, 2.45) is 0 Å². The molecular weight excluding hydrogens is 142 g/mol. The summed E-state index contributed by atoms with van der Waals surface area (Å²) >= 11 is 0. The molecule has 0 radical (unpaired) electrons. The second kappa shape index (κ2) is 2.44. The first kappa shape index (κ1) is 7.53. The lowest BCUT2D eigenvalue weighted by atomic mass is 9.94. The van der Waals surface area contributed by atoms with Crippen LogP contribution in [0.25, 0.3) is 0 Å². The Morgan fingerprint density at radius 2 is 2.27 bits per heavy atom. The van der Waals surface area contributed by atoms with Crippen LogP contribution in [0.5, 0.6) is 0 Å². The number of hydrogen-bond donors (Lipinski definition) is 2. The van der Waals surface area contributed by atoms with Crippen LogP contribution in [0.2, 0.25) is 0 Å². The van der Waals surface area contributed by atoms with E-state index in [-0.39, 0.29) is 12.6 Å². The predicted molar refractivity (Wildman–Crippen MR) is 41.2 cm³/mol. The standard InChI is InChI=1S/C8H15NO2/c10-6-8(11)3-5-9-4-1-2-7(8)9/h7,10-11H,1-6H2/t7-,8-/m1/s1. The average Bonchev–Trinajstić information content (AvgIpc) is 2.55. The minimum atomic E-state index is -0.781.